The monoisotopic (exact) mass is 1490 g/mol. The van der Waals surface area contributed by atoms with E-state index in [1.807, 2.05) is 0 Å². The number of nitrogens with one attached hydrogen (secondary N) is 6. The smallest absolute Gasteiger partial charge is 0.744 e. The number of anilines is 8. The number of aromatic nitrogens is 6. The van der Waals surface area contributed by atoms with Gasteiger partial charge in [0.05, 0.1) is 73.5 Å². The number of phenols is 2. The minimum absolute atomic E-state index is 0. The van der Waals surface area contributed by atoms with Gasteiger partial charge in [0.2, 0.25) is 47.5 Å². The molecule has 8 aromatic rings. The van der Waals surface area contributed by atoms with Crippen LogP contribution < -0.4 is 373 Å². The van der Waals surface area contributed by atoms with Crippen LogP contribution in [0.2, 0.25) is 0 Å². The molecule has 38 nitrogen and oxygen atoms in total. The number of nitrogens with zero attached hydrogens (tertiary/aromatic N) is 10. The summed E-state index contributed by atoms with van der Waals surface area (Å²) in [6.07, 6.45) is -1.06. The van der Waals surface area contributed by atoms with Gasteiger partial charge in [0.15, 0.2) is 11.5 Å². The number of nitrogen functional groups attached to an aromatic ring is 2. The average Bonchev–Trinajstić information content (AvgIpc) is 0.774. The van der Waals surface area contributed by atoms with Crippen LogP contribution in [0, 0.1) is 0 Å². The Morgan fingerprint density at radius 2 is 0.957 bits per heavy atom. The Morgan fingerprint density at radius 3 is 1.40 bits per heavy atom. The number of amides is 2. The van der Waals surface area contributed by atoms with E-state index in [2.05, 4.69) is 101 Å². The molecule has 0 aliphatic heterocycles. The number of phenolic OH excluding ortho intramolecular Hbond substituents is 2. The first-order chi connectivity index (χ1) is 40.9. The van der Waals surface area contributed by atoms with Crippen molar-refractivity contribution in [3.8, 4) is 11.5 Å². The summed E-state index contributed by atoms with van der Waals surface area (Å²) >= 11 is 0.513. The van der Waals surface area contributed by atoms with Gasteiger partial charge in [-0.05, 0) is 82.6 Å². The molecular weight excluding hydrogens is 1460 g/mol. The van der Waals surface area contributed by atoms with Crippen LogP contribution in [0.4, 0.5) is 69.8 Å². The van der Waals surface area contributed by atoms with Crippen molar-refractivity contribution >= 4 is 159 Å². The molecule has 0 spiro atoms. The van der Waals surface area contributed by atoms with Crippen molar-refractivity contribution in [1.82, 2.24) is 40.8 Å². The largest absolute Gasteiger partial charge is 1.00 e. The number of carboxylic acid groups (broad SMARTS) is 2. The van der Waals surface area contributed by atoms with Gasteiger partial charge < -0.3 is 71.7 Å². The van der Waals surface area contributed by atoms with Gasteiger partial charge in [-0.2, -0.15) is 48.8 Å². The molecule has 0 saturated carbocycles. The SMILES string of the molecule is Nc1nc(NNC(=O)CCC(=O)NNc2nc(N)nc(Nc3cc(SOO[O-])cc4cc(S(=O)(=O)[O-])c(N=Nc5ccc(C(=O)[O-])cc5)c(O)c34)n2)nc(Nc2cc(S(=O)(=O)[O-])cc3cc(SOO[O-])c(N=Nc4ccc(C(=O)[O-])cc4)c(O)c23)n1.[K+].[K+].[K+].[K+].[K+].[K+]. The third-order valence-electron chi connectivity index (χ3n) is 10.9. The third-order valence-corrected chi connectivity index (χ3v) is 13.7. The number of nitrogens with two attached hydrogens (primary N) is 2. The van der Waals surface area contributed by atoms with Crippen molar-refractivity contribution in [2.24, 2.45) is 20.5 Å². The number of carboxylic acids is 2. The molecule has 0 bridgehead atoms. The Kier molecular flexibility index (Phi) is 38.7. The van der Waals surface area contributed by atoms with Gasteiger partial charge in [0, 0.05) is 28.5 Å². The van der Waals surface area contributed by atoms with E-state index in [0.717, 1.165) is 48.5 Å². The van der Waals surface area contributed by atoms with Crippen LogP contribution >= 0.6 is 24.1 Å². The van der Waals surface area contributed by atoms with Crippen LogP contribution in [-0.2, 0) is 48.6 Å². The second kappa shape index (κ2) is 40.6. The van der Waals surface area contributed by atoms with Gasteiger partial charge in [0.25, 0.3) is 0 Å². The summed E-state index contributed by atoms with van der Waals surface area (Å²) < 4.78 is 83.1. The number of carbonyl (C=O) groups excluding carboxylic acids is 4. The number of rotatable bonds is 25. The summed E-state index contributed by atoms with van der Waals surface area (Å²) in [6.45, 7) is 0. The van der Waals surface area contributed by atoms with Gasteiger partial charge in [0.1, 0.15) is 31.6 Å². The average molecular weight is 1490 g/mol. The van der Waals surface area contributed by atoms with Crippen LogP contribution in [0.5, 0.6) is 11.5 Å². The van der Waals surface area contributed by atoms with E-state index >= 15 is 0 Å². The maximum atomic E-state index is 12.9. The molecule has 92 heavy (non-hydrogen) atoms. The molecule has 2 amide bonds. The van der Waals surface area contributed by atoms with Gasteiger partial charge in [-0.25, -0.2) is 16.8 Å². The van der Waals surface area contributed by atoms with Gasteiger partial charge in [-0.15, -0.1) is 10.2 Å². The van der Waals surface area contributed by atoms with Crippen molar-refractivity contribution in [3.05, 3.63) is 96.1 Å². The third kappa shape index (κ3) is 24.7. The fourth-order valence-corrected chi connectivity index (χ4v) is 9.38. The van der Waals surface area contributed by atoms with Crippen molar-refractivity contribution in [2.75, 3.05) is 33.0 Å². The molecule has 0 aliphatic carbocycles. The number of benzene rings is 6. The van der Waals surface area contributed by atoms with Crippen LogP contribution in [0.3, 0.4) is 0 Å². The second-order valence-electron chi connectivity index (χ2n) is 16.5. The van der Waals surface area contributed by atoms with E-state index in [1.165, 1.54) is 36.4 Å². The first-order valence-electron chi connectivity index (χ1n) is 22.9. The molecule has 0 aliphatic rings. The Morgan fingerprint density at radius 1 is 0.533 bits per heavy atom. The molecule has 0 radical (unpaired) electrons. The summed E-state index contributed by atoms with van der Waals surface area (Å²) in [7, 11) is -10.7. The molecule has 12 N–H and O–H groups in total. The Balaban J connectivity index is 0.00000480. The van der Waals surface area contributed by atoms with E-state index in [-0.39, 0.29) is 386 Å². The predicted octanol–water partition coefficient (Wildman–Crippen LogP) is -17.4. The normalized spacial score (nSPS) is 11.0. The maximum absolute atomic E-state index is 12.9. The van der Waals surface area contributed by atoms with E-state index < -0.39 is 125 Å². The molecule has 48 heteroatoms. The van der Waals surface area contributed by atoms with E-state index in [9.17, 15) is 76.1 Å². The minimum Gasteiger partial charge on any atom is -0.744 e. The standard InChI is InChI=1S/C44H36N18O20S4.6K/c45-39-49-41(47-25-15-23(83-81-79-71)11-19-14-28(86(76,77)78)34(36(66)31(19)25)60-56-22-7-3-18(4-8-22)38(69)70)53-43(51-39)61-57-29(63)9-10-30(64)58-62-44-52-40(46)50-42(54-44)48-26-16-24(85(73,74)75)12-20-13-27(84-82-80-72)33(35(65)32(20)26)59-55-21-5-1-17(2-6-21)37(67)68;;;;;;/h1-8,11-16,65-66,71-72H,9-10H2,(H,57,63)(H,58,64)(H,67,68)(H,69,70)(H,73,74,75)(H,76,77,78)(H4,45,47,49,51,53,61)(H4,46,48,50,52,54,62);;;;;;/q;6*+1/p-6. The summed E-state index contributed by atoms with van der Waals surface area (Å²) in [5, 5.41) is 93.7. The zero-order valence-corrected chi connectivity index (χ0v) is 70.0. The van der Waals surface area contributed by atoms with E-state index in [4.69, 9.17) is 11.5 Å². The molecule has 446 valence electrons. The number of hydrogen-bond acceptors (Lipinski definition) is 38. The zero-order chi connectivity index (χ0) is 62.0. The van der Waals surface area contributed by atoms with Crippen molar-refractivity contribution in [3.63, 3.8) is 0 Å². The molecule has 0 saturated heterocycles. The van der Waals surface area contributed by atoms with E-state index in [1.54, 1.807) is 0 Å². The molecule has 8 rings (SSSR count). The quantitative estimate of drug-likeness (QED) is 0.00634. The molecule has 6 aromatic carbocycles. The predicted molar refractivity (Wildman–Crippen MR) is 281 cm³/mol. The summed E-state index contributed by atoms with van der Waals surface area (Å²) in [5.74, 6) is -9.21. The summed E-state index contributed by atoms with van der Waals surface area (Å²) in [4.78, 5) is 69.8. The number of aromatic hydroxyl groups is 2. The van der Waals surface area contributed by atoms with Gasteiger partial charge >= 0.3 is 308 Å². The summed E-state index contributed by atoms with van der Waals surface area (Å²) in [5.41, 5.74) is 18.7. The molecule has 0 atom stereocenters. The number of aromatic carboxylic acids is 2. The fourth-order valence-electron chi connectivity index (χ4n) is 7.26. The van der Waals surface area contributed by atoms with Crippen LogP contribution in [0.15, 0.2) is 125 Å². The maximum Gasteiger partial charge on any atom is 1.00 e. The Hall–Kier alpha value is -0.562. The van der Waals surface area contributed by atoms with Gasteiger partial charge in [-0.3, -0.25) is 41.4 Å². The molecule has 0 unspecified atom stereocenters. The topological polar surface area (TPSA) is 603 Å². The molecule has 0 fully saturated rings. The van der Waals surface area contributed by atoms with Crippen molar-refractivity contribution < 1.29 is 403 Å². The van der Waals surface area contributed by atoms with Crippen molar-refractivity contribution in [1.29, 1.82) is 0 Å². The zero-order valence-electron chi connectivity index (χ0n) is 48.0. The van der Waals surface area contributed by atoms with Crippen LogP contribution in [0.25, 0.3) is 21.5 Å². The number of fused-ring (bicyclic) bond motifs is 2. The first-order valence-corrected chi connectivity index (χ1v) is 27.2. The molecule has 2 aromatic heterocycles. The van der Waals surface area contributed by atoms with Crippen molar-refractivity contribution in [2.45, 2.75) is 32.4 Å². The molecular formula is C44H30K6N18O20S4. The van der Waals surface area contributed by atoms with Crippen LogP contribution in [-0.4, -0.2) is 89.8 Å². The van der Waals surface area contributed by atoms with E-state index in [0.29, 0.717) is 12.0 Å². The number of hydrazine groups is 2. The first kappa shape index (κ1) is 87.5. The fraction of sp³-hybridized carbons (Fsp3) is 0.0455. The Bertz CT molecular complexity index is 4320. The molecule has 2 heterocycles. The minimum atomic E-state index is -5.42. The Labute approximate surface area is 779 Å². The number of hydrogen-bond donors (Lipinski definition) is 10. The second-order valence-corrected chi connectivity index (χ2v) is 20.7. The summed E-state index contributed by atoms with van der Waals surface area (Å²) in [6, 6.07) is 15.3. The van der Waals surface area contributed by atoms with Gasteiger partial charge in [-0.1, -0.05) is 24.3 Å². The number of carbonyl (C=O) groups is 4. The van der Waals surface area contributed by atoms with Crippen LogP contribution in [0.1, 0.15) is 33.6 Å². The number of azo groups is 2.